The Morgan fingerprint density at radius 3 is 2.71 bits per heavy atom. The minimum atomic E-state index is 0.333. The van der Waals surface area contributed by atoms with Crippen LogP contribution in [0.5, 0.6) is 0 Å². The van der Waals surface area contributed by atoms with Crippen molar-refractivity contribution >= 4 is 0 Å². The van der Waals surface area contributed by atoms with Crippen molar-refractivity contribution in [2.24, 2.45) is 12.5 Å². The first-order chi connectivity index (χ1) is 9.99. The van der Waals surface area contributed by atoms with Crippen molar-refractivity contribution < 1.29 is 4.74 Å². The Labute approximate surface area is 128 Å². The number of aromatic nitrogens is 2. The molecule has 1 aromatic heterocycles. The summed E-state index contributed by atoms with van der Waals surface area (Å²) in [4.78, 5) is 2.42. The van der Waals surface area contributed by atoms with Gasteiger partial charge in [0.05, 0.1) is 6.20 Å². The molecule has 1 aromatic rings. The Morgan fingerprint density at radius 1 is 1.43 bits per heavy atom. The maximum atomic E-state index is 5.58. The van der Waals surface area contributed by atoms with Gasteiger partial charge in [0.25, 0.3) is 0 Å². The van der Waals surface area contributed by atoms with Crippen LogP contribution in [0, 0.1) is 5.41 Å². The number of hydrogen-bond acceptors (Lipinski definition) is 4. The number of aryl methyl sites for hydroxylation is 1. The van der Waals surface area contributed by atoms with E-state index >= 15 is 0 Å². The van der Waals surface area contributed by atoms with E-state index in [-0.39, 0.29) is 0 Å². The molecule has 0 aromatic carbocycles. The summed E-state index contributed by atoms with van der Waals surface area (Å²) >= 11 is 0. The molecule has 120 valence electrons. The Bertz CT molecular complexity index is 424. The fraction of sp³-hybridized carbons (Fsp3) is 0.812. The highest BCUT2D eigenvalue weighted by Gasteiger charge is 2.33. The van der Waals surface area contributed by atoms with Gasteiger partial charge < -0.3 is 15.0 Å². The topological polar surface area (TPSA) is 42.3 Å². The Balaban J connectivity index is 1.93. The van der Waals surface area contributed by atoms with Gasteiger partial charge in [-0.25, -0.2) is 0 Å². The molecule has 2 heterocycles. The third-order valence-electron chi connectivity index (χ3n) is 4.25. The predicted octanol–water partition coefficient (Wildman–Crippen LogP) is 1.65. The lowest BCUT2D eigenvalue weighted by Gasteiger charge is -2.40. The lowest BCUT2D eigenvalue weighted by Crippen LogP contribution is -2.47. The maximum Gasteiger partial charge on any atom is 0.0534 e. The molecular weight excluding hydrogens is 264 g/mol. The van der Waals surface area contributed by atoms with Crippen LogP contribution < -0.4 is 5.32 Å². The molecule has 0 saturated carbocycles. The van der Waals surface area contributed by atoms with Gasteiger partial charge in [-0.1, -0.05) is 13.8 Å². The minimum Gasteiger partial charge on any atom is -0.381 e. The summed E-state index contributed by atoms with van der Waals surface area (Å²) in [5, 5.41) is 7.88. The van der Waals surface area contributed by atoms with Gasteiger partial charge in [0.15, 0.2) is 0 Å². The Morgan fingerprint density at radius 2 is 2.14 bits per heavy atom. The van der Waals surface area contributed by atoms with Crippen LogP contribution in [0.1, 0.15) is 32.3 Å². The molecule has 0 radical (unpaired) electrons. The lowest BCUT2D eigenvalue weighted by molar-refractivity contribution is -0.00248. The van der Waals surface area contributed by atoms with Crippen LogP contribution in [-0.4, -0.2) is 54.1 Å². The number of ether oxygens (including phenoxy) is 1. The van der Waals surface area contributed by atoms with E-state index in [0.29, 0.717) is 11.5 Å². The van der Waals surface area contributed by atoms with Crippen LogP contribution in [0.15, 0.2) is 12.4 Å². The fourth-order valence-electron chi connectivity index (χ4n) is 3.11. The van der Waals surface area contributed by atoms with E-state index in [9.17, 15) is 0 Å². The monoisotopic (exact) mass is 294 g/mol. The summed E-state index contributed by atoms with van der Waals surface area (Å²) in [6.07, 6.45) is 6.34. The van der Waals surface area contributed by atoms with Gasteiger partial charge in [-0.05, 0) is 25.3 Å². The van der Waals surface area contributed by atoms with Crippen LogP contribution in [0.25, 0.3) is 0 Å². The smallest absolute Gasteiger partial charge is 0.0534 e. The van der Waals surface area contributed by atoms with E-state index in [1.165, 1.54) is 5.56 Å². The van der Waals surface area contributed by atoms with Gasteiger partial charge in [0.2, 0.25) is 0 Å². The van der Waals surface area contributed by atoms with E-state index < -0.39 is 0 Å². The van der Waals surface area contributed by atoms with Crippen LogP contribution in [0.4, 0.5) is 0 Å². The molecule has 1 N–H and O–H groups in total. The lowest BCUT2D eigenvalue weighted by atomic mass is 9.79. The molecular formula is C16H30N4O. The van der Waals surface area contributed by atoms with E-state index in [4.69, 9.17) is 4.74 Å². The predicted molar refractivity (Wildman–Crippen MR) is 85.2 cm³/mol. The third kappa shape index (κ3) is 5.09. The molecule has 1 aliphatic rings. The zero-order valence-corrected chi connectivity index (χ0v) is 13.9. The molecule has 0 atom stereocenters. The fourth-order valence-corrected chi connectivity index (χ4v) is 3.11. The molecule has 0 aliphatic carbocycles. The third-order valence-corrected chi connectivity index (χ3v) is 4.25. The van der Waals surface area contributed by atoms with Gasteiger partial charge in [-0.15, -0.1) is 0 Å². The van der Waals surface area contributed by atoms with Crippen molar-refractivity contribution in [3.8, 4) is 0 Å². The Hall–Kier alpha value is -0.910. The molecule has 1 saturated heterocycles. The number of nitrogens with zero attached hydrogens (tertiary/aromatic N) is 3. The largest absolute Gasteiger partial charge is 0.381 e. The normalized spacial score (nSPS) is 18.6. The average Bonchev–Trinajstić information content (AvgIpc) is 2.83. The number of rotatable bonds is 7. The zero-order valence-electron chi connectivity index (χ0n) is 13.9. The second-order valence-corrected chi connectivity index (χ2v) is 6.84. The summed E-state index contributed by atoms with van der Waals surface area (Å²) < 4.78 is 7.44. The molecule has 5 nitrogen and oxygen atoms in total. The van der Waals surface area contributed by atoms with Gasteiger partial charge >= 0.3 is 0 Å². The average molecular weight is 294 g/mol. The molecule has 5 heteroatoms. The van der Waals surface area contributed by atoms with Gasteiger partial charge in [-0.3, -0.25) is 4.68 Å². The van der Waals surface area contributed by atoms with Crippen molar-refractivity contribution in [3.05, 3.63) is 18.0 Å². The summed E-state index contributed by atoms with van der Waals surface area (Å²) in [6.45, 7) is 9.34. The van der Waals surface area contributed by atoms with Crippen molar-refractivity contribution in [1.29, 1.82) is 0 Å². The quantitative estimate of drug-likeness (QED) is 0.830. The number of nitrogens with one attached hydrogen (secondary N) is 1. The second-order valence-electron chi connectivity index (χ2n) is 6.84. The number of hydrogen-bond donors (Lipinski definition) is 1. The van der Waals surface area contributed by atoms with E-state index in [2.05, 4.69) is 42.4 Å². The van der Waals surface area contributed by atoms with E-state index in [1.807, 2.05) is 17.9 Å². The van der Waals surface area contributed by atoms with Crippen LogP contribution in [0.2, 0.25) is 0 Å². The molecule has 0 spiro atoms. The first-order valence-corrected chi connectivity index (χ1v) is 7.96. The Kier molecular flexibility index (Phi) is 5.79. The summed E-state index contributed by atoms with van der Waals surface area (Å²) in [7, 11) is 4.18. The molecule has 1 fully saturated rings. The van der Waals surface area contributed by atoms with Crippen LogP contribution in [-0.2, 0) is 18.3 Å². The minimum absolute atomic E-state index is 0.333. The molecule has 0 bridgehead atoms. The summed E-state index contributed by atoms with van der Waals surface area (Å²) in [5.74, 6) is 0. The summed E-state index contributed by atoms with van der Waals surface area (Å²) in [5.41, 5.74) is 1.61. The first kappa shape index (κ1) is 16.5. The van der Waals surface area contributed by atoms with E-state index in [1.54, 1.807) is 0 Å². The maximum absolute atomic E-state index is 5.58. The molecule has 1 aliphatic heterocycles. The van der Waals surface area contributed by atoms with E-state index in [0.717, 1.165) is 45.7 Å². The molecule has 21 heavy (non-hydrogen) atoms. The molecule has 0 amide bonds. The highest BCUT2D eigenvalue weighted by molar-refractivity contribution is 5.03. The standard InChI is InChI=1S/C16H30N4O/c1-14(2)17-12-16(5-7-21-8-6-16)13-19(3)10-15-9-18-20(4)11-15/h9,11,14,17H,5-8,10,12-13H2,1-4H3. The van der Waals surface area contributed by atoms with Crippen molar-refractivity contribution in [3.63, 3.8) is 0 Å². The summed E-state index contributed by atoms with van der Waals surface area (Å²) in [6, 6.07) is 0.536. The van der Waals surface area contributed by atoms with Crippen LogP contribution >= 0.6 is 0 Å². The van der Waals surface area contributed by atoms with Gasteiger partial charge in [0.1, 0.15) is 0 Å². The SMILES string of the molecule is CC(C)NCC1(CN(C)Cc2cnn(C)c2)CCOCC1. The second kappa shape index (κ2) is 7.38. The van der Waals surface area contributed by atoms with Crippen molar-refractivity contribution in [2.75, 3.05) is 33.4 Å². The highest BCUT2D eigenvalue weighted by Crippen LogP contribution is 2.31. The van der Waals surface area contributed by atoms with Gasteiger partial charge in [0, 0.05) is 57.7 Å². The first-order valence-electron chi connectivity index (χ1n) is 7.96. The van der Waals surface area contributed by atoms with Gasteiger partial charge in [-0.2, -0.15) is 5.10 Å². The zero-order chi connectivity index (χ0) is 15.3. The molecule has 2 rings (SSSR count). The molecule has 0 unspecified atom stereocenters. The highest BCUT2D eigenvalue weighted by atomic mass is 16.5. The van der Waals surface area contributed by atoms with Crippen LogP contribution in [0.3, 0.4) is 0 Å². The van der Waals surface area contributed by atoms with Crippen molar-refractivity contribution in [1.82, 2.24) is 20.0 Å². The van der Waals surface area contributed by atoms with Crippen molar-refractivity contribution in [2.45, 2.75) is 39.3 Å².